The molecule has 5 nitrogen and oxygen atoms in total. The number of methoxy groups -OCH3 is 1. The molecule has 2 atom stereocenters. The van der Waals surface area contributed by atoms with E-state index in [2.05, 4.69) is 0 Å². The first-order chi connectivity index (χ1) is 10.5. The van der Waals surface area contributed by atoms with Crippen molar-refractivity contribution in [2.45, 2.75) is 26.2 Å². The summed E-state index contributed by atoms with van der Waals surface area (Å²) in [5, 5.41) is 9.00. The standard InChI is InChI=1S/C17H23NO4/c1-12(9-13-5-3-4-6-15(13)22-2)10-16(19)18-8-7-14(11-18)17(20)21/h3-6,12,14H,7-11H2,1-2H3,(H,20,21)/t12-,14+/m0/s1. The van der Waals surface area contributed by atoms with Gasteiger partial charge in [0, 0.05) is 19.5 Å². The molecular formula is C17H23NO4. The van der Waals surface area contributed by atoms with E-state index >= 15 is 0 Å². The van der Waals surface area contributed by atoms with E-state index in [0.29, 0.717) is 25.9 Å². The largest absolute Gasteiger partial charge is 0.496 e. The minimum absolute atomic E-state index is 0.0474. The van der Waals surface area contributed by atoms with Crippen LogP contribution in [0, 0.1) is 11.8 Å². The number of ether oxygens (including phenoxy) is 1. The molecular weight excluding hydrogens is 282 g/mol. The number of hydrogen-bond acceptors (Lipinski definition) is 3. The Labute approximate surface area is 130 Å². The number of carboxylic acid groups (broad SMARTS) is 1. The van der Waals surface area contributed by atoms with Crippen LogP contribution in [0.25, 0.3) is 0 Å². The molecule has 1 N–H and O–H groups in total. The lowest BCUT2D eigenvalue weighted by Gasteiger charge is -2.19. The van der Waals surface area contributed by atoms with Gasteiger partial charge in [0.1, 0.15) is 5.75 Å². The summed E-state index contributed by atoms with van der Waals surface area (Å²) in [5.41, 5.74) is 1.09. The van der Waals surface area contributed by atoms with Crippen LogP contribution in [0.4, 0.5) is 0 Å². The number of carbonyl (C=O) groups is 2. The van der Waals surface area contributed by atoms with Crippen molar-refractivity contribution in [1.29, 1.82) is 0 Å². The van der Waals surface area contributed by atoms with Gasteiger partial charge in [0.25, 0.3) is 0 Å². The zero-order chi connectivity index (χ0) is 16.1. The topological polar surface area (TPSA) is 66.8 Å². The molecule has 0 radical (unpaired) electrons. The predicted octanol–water partition coefficient (Wildman–Crippen LogP) is 2.20. The minimum atomic E-state index is -0.808. The van der Waals surface area contributed by atoms with Crippen LogP contribution >= 0.6 is 0 Å². The monoisotopic (exact) mass is 305 g/mol. The number of amides is 1. The van der Waals surface area contributed by atoms with E-state index in [4.69, 9.17) is 9.84 Å². The fourth-order valence-corrected chi connectivity index (χ4v) is 2.93. The van der Waals surface area contributed by atoms with E-state index in [1.807, 2.05) is 31.2 Å². The Morgan fingerprint density at radius 3 is 2.77 bits per heavy atom. The van der Waals surface area contributed by atoms with Crippen molar-refractivity contribution < 1.29 is 19.4 Å². The Balaban J connectivity index is 1.88. The SMILES string of the molecule is COc1ccccc1C[C@H](C)CC(=O)N1CC[C@@H](C(=O)O)C1. The second-order valence-electron chi connectivity index (χ2n) is 5.99. The van der Waals surface area contributed by atoms with Crippen LogP contribution in [0.2, 0.25) is 0 Å². The number of nitrogens with zero attached hydrogens (tertiary/aromatic N) is 1. The predicted molar refractivity (Wildman–Crippen MR) is 82.8 cm³/mol. The second-order valence-corrected chi connectivity index (χ2v) is 5.99. The molecule has 0 bridgehead atoms. The van der Waals surface area contributed by atoms with Gasteiger partial charge >= 0.3 is 5.97 Å². The Hall–Kier alpha value is -2.04. The summed E-state index contributed by atoms with van der Waals surface area (Å²) >= 11 is 0. The molecule has 0 unspecified atom stereocenters. The normalized spacial score (nSPS) is 19.0. The van der Waals surface area contributed by atoms with Crippen molar-refractivity contribution in [3.05, 3.63) is 29.8 Å². The lowest BCUT2D eigenvalue weighted by Crippen LogP contribution is -2.31. The van der Waals surface area contributed by atoms with Gasteiger partial charge in [-0.3, -0.25) is 9.59 Å². The van der Waals surface area contributed by atoms with Crippen molar-refractivity contribution in [2.24, 2.45) is 11.8 Å². The molecule has 1 aliphatic rings. The average molecular weight is 305 g/mol. The van der Waals surface area contributed by atoms with Crippen molar-refractivity contribution in [1.82, 2.24) is 4.90 Å². The fraction of sp³-hybridized carbons (Fsp3) is 0.529. The molecule has 0 aliphatic carbocycles. The summed E-state index contributed by atoms with van der Waals surface area (Å²) in [6.45, 7) is 2.93. The van der Waals surface area contributed by atoms with Crippen LogP contribution in [0.5, 0.6) is 5.75 Å². The number of rotatable bonds is 6. The fourth-order valence-electron chi connectivity index (χ4n) is 2.93. The molecule has 1 amide bonds. The van der Waals surface area contributed by atoms with Gasteiger partial charge in [-0.1, -0.05) is 25.1 Å². The third-order valence-corrected chi connectivity index (χ3v) is 4.17. The third-order valence-electron chi connectivity index (χ3n) is 4.17. The molecule has 1 aliphatic heterocycles. The highest BCUT2D eigenvalue weighted by atomic mass is 16.5. The van der Waals surface area contributed by atoms with E-state index in [-0.39, 0.29) is 11.8 Å². The number of benzene rings is 1. The zero-order valence-corrected chi connectivity index (χ0v) is 13.1. The maximum Gasteiger partial charge on any atom is 0.308 e. The molecule has 120 valence electrons. The Morgan fingerprint density at radius 1 is 1.41 bits per heavy atom. The molecule has 1 aromatic rings. The summed E-state index contributed by atoms with van der Waals surface area (Å²) in [6.07, 6.45) is 1.76. The van der Waals surface area contributed by atoms with Gasteiger partial charge in [0.15, 0.2) is 0 Å². The number of aliphatic carboxylic acids is 1. The van der Waals surface area contributed by atoms with Crippen LogP contribution in [0.1, 0.15) is 25.3 Å². The van der Waals surface area contributed by atoms with Crippen molar-refractivity contribution >= 4 is 11.9 Å². The summed E-state index contributed by atoms with van der Waals surface area (Å²) in [6, 6.07) is 7.82. The van der Waals surface area contributed by atoms with Gasteiger partial charge in [-0.2, -0.15) is 0 Å². The number of hydrogen-bond donors (Lipinski definition) is 1. The van der Waals surface area contributed by atoms with Gasteiger partial charge in [-0.25, -0.2) is 0 Å². The molecule has 1 fully saturated rings. The lowest BCUT2D eigenvalue weighted by atomic mass is 9.97. The van der Waals surface area contributed by atoms with Crippen LogP contribution in [0.15, 0.2) is 24.3 Å². The van der Waals surface area contributed by atoms with Crippen LogP contribution in [-0.2, 0) is 16.0 Å². The highest BCUT2D eigenvalue weighted by molar-refractivity contribution is 5.79. The van der Waals surface area contributed by atoms with E-state index in [1.54, 1.807) is 12.0 Å². The average Bonchev–Trinajstić information content (AvgIpc) is 2.98. The maximum atomic E-state index is 12.3. The molecule has 0 saturated carbocycles. The van der Waals surface area contributed by atoms with Crippen molar-refractivity contribution in [2.75, 3.05) is 20.2 Å². The summed E-state index contributed by atoms with van der Waals surface area (Å²) in [7, 11) is 1.64. The van der Waals surface area contributed by atoms with E-state index < -0.39 is 11.9 Å². The van der Waals surface area contributed by atoms with Crippen molar-refractivity contribution in [3.8, 4) is 5.75 Å². The molecule has 0 aromatic heterocycles. The van der Waals surface area contributed by atoms with E-state index in [9.17, 15) is 9.59 Å². The smallest absolute Gasteiger partial charge is 0.308 e. The highest BCUT2D eigenvalue weighted by Gasteiger charge is 2.31. The maximum absolute atomic E-state index is 12.3. The van der Waals surface area contributed by atoms with Crippen LogP contribution in [0.3, 0.4) is 0 Å². The molecule has 1 heterocycles. The first-order valence-electron chi connectivity index (χ1n) is 7.63. The summed E-state index contributed by atoms with van der Waals surface area (Å²) in [5.74, 6) is -0.140. The van der Waals surface area contributed by atoms with Crippen molar-refractivity contribution in [3.63, 3.8) is 0 Å². The Bertz CT molecular complexity index is 543. The van der Waals surface area contributed by atoms with Gasteiger partial charge in [0.2, 0.25) is 5.91 Å². The first kappa shape index (κ1) is 16.3. The molecule has 5 heteroatoms. The van der Waals surface area contributed by atoms with Gasteiger partial charge in [-0.15, -0.1) is 0 Å². The van der Waals surface area contributed by atoms with Gasteiger partial charge in [-0.05, 0) is 30.4 Å². The third kappa shape index (κ3) is 4.00. The quantitative estimate of drug-likeness (QED) is 0.875. The van der Waals surface area contributed by atoms with Gasteiger partial charge < -0.3 is 14.7 Å². The Morgan fingerprint density at radius 2 is 2.14 bits per heavy atom. The molecule has 1 aromatic carbocycles. The number of para-hydroxylation sites is 1. The second kappa shape index (κ2) is 7.29. The molecule has 2 rings (SSSR count). The highest BCUT2D eigenvalue weighted by Crippen LogP contribution is 2.24. The van der Waals surface area contributed by atoms with E-state index in [0.717, 1.165) is 17.7 Å². The Kier molecular flexibility index (Phi) is 5.41. The lowest BCUT2D eigenvalue weighted by molar-refractivity contribution is -0.141. The van der Waals surface area contributed by atoms with Crippen LogP contribution in [-0.4, -0.2) is 42.1 Å². The number of carbonyl (C=O) groups excluding carboxylic acids is 1. The molecule has 22 heavy (non-hydrogen) atoms. The molecule has 0 spiro atoms. The zero-order valence-electron chi connectivity index (χ0n) is 13.1. The summed E-state index contributed by atoms with van der Waals surface area (Å²) < 4.78 is 5.33. The first-order valence-corrected chi connectivity index (χ1v) is 7.63. The van der Waals surface area contributed by atoms with Crippen LogP contribution < -0.4 is 4.74 Å². The van der Waals surface area contributed by atoms with E-state index in [1.165, 1.54) is 0 Å². The number of carboxylic acids is 1. The summed E-state index contributed by atoms with van der Waals surface area (Å²) in [4.78, 5) is 24.9. The number of likely N-dealkylation sites (tertiary alicyclic amines) is 1. The molecule has 1 saturated heterocycles. The van der Waals surface area contributed by atoms with Gasteiger partial charge in [0.05, 0.1) is 13.0 Å². The minimum Gasteiger partial charge on any atom is -0.496 e.